The molecule has 0 spiro atoms. The molecule has 1 rings (SSSR count). The summed E-state index contributed by atoms with van der Waals surface area (Å²) in [6, 6.07) is 9.70. The van der Waals surface area contributed by atoms with Gasteiger partial charge in [-0.3, -0.25) is 5.32 Å². The van der Waals surface area contributed by atoms with Crippen LogP contribution in [0.3, 0.4) is 0 Å². The second kappa shape index (κ2) is 8.72. The fraction of sp³-hybridized carbons (Fsp3) is 0.562. The average Bonchev–Trinajstić information content (AvgIpc) is 2.51. The zero-order chi connectivity index (χ0) is 14.8. The molecule has 0 bridgehead atoms. The molecular formula is C16H25NO3. The van der Waals surface area contributed by atoms with E-state index in [4.69, 9.17) is 9.47 Å². The minimum atomic E-state index is -0.832. The maximum Gasteiger partial charge on any atom is 0.330 e. The molecular weight excluding hydrogens is 254 g/mol. The van der Waals surface area contributed by atoms with Gasteiger partial charge < -0.3 is 9.47 Å². The molecule has 0 aliphatic heterocycles. The predicted molar refractivity (Wildman–Crippen MR) is 79.5 cm³/mol. The van der Waals surface area contributed by atoms with E-state index in [0.29, 0.717) is 19.6 Å². The number of rotatable bonds is 9. The third-order valence-electron chi connectivity index (χ3n) is 3.30. The molecule has 1 unspecified atom stereocenters. The van der Waals surface area contributed by atoms with Crippen molar-refractivity contribution < 1.29 is 14.3 Å². The average molecular weight is 279 g/mol. The van der Waals surface area contributed by atoms with Crippen molar-refractivity contribution in [1.82, 2.24) is 5.32 Å². The summed E-state index contributed by atoms with van der Waals surface area (Å²) in [7, 11) is 1.42. The van der Waals surface area contributed by atoms with E-state index in [0.717, 1.165) is 18.5 Å². The molecule has 0 aliphatic rings. The quantitative estimate of drug-likeness (QED) is 0.557. The van der Waals surface area contributed by atoms with Gasteiger partial charge >= 0.3 is 5.97 Å². The van der Waals surface area contributed by atoms with E-state index in [1.165, 1.54) is 7.11 Å². The molecule has 1 atom stereocenters. The highest BCUT2D eigenvalue weighted by Gasteiger charge is 2.40. The Kier molecular flexibility index (Phi) is 7.26. The number of hydrogen-bond donors (Lipinski definition) is 1. The smallest absolute Gasteiger partial charge is 0.330 e. The zero-order valence-electron chi connectivity index (χ0n) is 12.6. The van der Waals surface area contributed by atoms with Crippen LogP contribution < -0.4 is 5.32 Å². The third-order valence-corrected chi connectivity index (χ3v) is 3.30. The van der Waals surface area contributed by atoms with Gasteiger partial charge in [-0.05, 0) is 25.5 Å². The van der Waals surface area contributed by atoms with Gasteiger partial charge in [0.1, 0.15) is 5.54 Å². The maximum atomic E-state index is 12.4. The Labute approximate surface area is 121 Å². The number of hydrogen-bond acceptors (Lipinski definition) is 4. The summed E-state index contributed by atoms with van der Waals surface area (Å²) in [6.07, 6.45) is 1.50. The van der Waals surface area contributed by atoms with E-state index in [1.807, 2.05) is 37.3 Å². The third kappa shape index (κ3) is 4.05. The van der Waals surface area contributed by atoms with Gasteiger partial charge in [-0.2, -0.15) is 0 Å². The number of carbonyl (C=O) groups is 1. The molecule has 0 saturated heterocycles. The highest BCUT2D eigenvalue weighted by Crippen LogP contribution is 2.27. The van der Waals surface area contributed by atoms with Crippen LogP contribution in [0.2, 0.25) is 0 Å². The van der Waals surface area contributed by atoms with Gasteiger partial charge in [-0.15, -0.1) is 0 Å². The molecule has 112 valence electrons. The number of esters is 1. The van der Waals surface area contributed by atoms with Gasteiger partial charge in [0.05, 0.1) is 7.11 Å². The molecule has 0 aliphatic carbocycles. The Bertz CT molecular complexity index is 394. The maximum absolute atomic E-state index is 12.4. The van der Waals surface area contributed by atoms with E-state index >= 15 is 0 Å². The van der Waals surface area contributed by atoms with Crippen molar-refractivity contribution in [3.8, 4) is 0 Å². The molecule has 0 radical (unpaired) electrons. The first-order valence-corrected chi connectivity index (χ1v) is 7.18. The summed E-state index contributed by atoms with van der Waals surface area (Å²) in [5, 5.41) is 3.35. The first-order chi connectivity index (χ1) is 9.71. The summed E-state index contributed by atoms with van der Waals surface area (Å²) < 4.78 is 10.5. The summed E-state index contributed by atoms with van der Waals surface area (Å²) in [5.74, 6) is -0.267. The minimum Gasteiger partial charge on any atom is -0.467 e. The molecule has 1 aromatic carbocycles. The SMILES string of the molecule is CCCNC(CCOCC)(C(=O)OC)c1ccccc1. The molecule has 0 amide bonds. The van der Waals surface area contributed by atoms with Crippen molar-refractivity contribution in [2.75, 3.05) is 26.9 Å². The minimum absolute atomic E-state index is 0.267. The summed E-state index contributed by atoms with van der Waals surface area (Å²) in [4.78, 5) is 12.4. The molecule has 0 heterocycles. The van der Waals surface area contributed by atoms with E-state index < -0.39 is 5.54 Å². The molecule has 1 N–H and O–H groups in total. The van der Waals surface area contributed by atoms with Crippen LogP contribution in [0.15, 0.2) is 30.3 Å². The van der Waals surface area contributed by atoms with Gasteiger partial charge in [-0.1, -0.05) is 37.3 Å². The topological polar surface area (TPSA) is 47.6 Å². The van der Waals surface area contributed by atoms with Crippen molar-refractivity contribution >= 4 is 5.97 Å². The predicted octanol–water partition coefficient (Wildman–Crippen LogP) is 2.48. The van der Waals surface area contributed by atoms with Crippen molar-refractivity contribution in [2.24, 2.45) is 0 Å². The molecule has 4 heteroatoms. The van der Waals surface area contributed by atoms with E-state index in [9.17, 15) is 4.79 Å². The normalized spacial score (nSPS) is 13.8. The lowest BCUT2D eigenvalue weighted by molar-refractivity contribution is -0.150. The second-order valence-corrected chi connectivity index (χ2v) is 4.64. The van der Waals surface area contributed by atoms with Gasteiger partial charge in [0, 0.05) is 19.6 Å². The van der Waals surface area contributed by atoms with Crippen LogP contribution in [0.4, 0.5) is 0 Å². The Balaban J connectivity index is 3.07. The van der Waals surface area contributed by atoms with Crippen molar-refractivity contribution in [2.45, 2.75) is 32.2 Å². The zero-order valence-corrected chi connectivity index (χ0v) is 12.6. The Morgan fingerprint density at radius 3 is 2.50 bits per heavy atom. The van der Waals surface area contributed by atoms with Crippen LogP contribution in [0, 0.1) is 0 Å². The van der Waals surface area contributed by atoms with Crippen LogP contribution in [0.5, 0.6) is 0 Å². The monoisotopic (exact) mass is 279 g/mol. The van der Waals surface area contributed by atoms with Crippen LogP contribution in [0.1, 0.15) is 32.3 Å². The van der Waals surface area contributed by atoms with Gasteiger partial charge in [0.2, 0.25) is 0 Å². The van der Waals surface area contributed by atoms with Crippen molar-refractivity contribution in [3.63, 3.8) is 0 Å². The lowest BCUT2D eigenvalue weighted by Crippen LogP contribution is -2.51. The molecule has 4 nitrogen and oxygen atoms in total. The number of ether oxygens (including phenoxy) is 2. The number of carbonyl (C=O) groups excluding carboxylic acids is 1. The number of methoxy groups -OCH3 is 1. The lowest BCUT2D eigenvalue weighted by atomic mass is 9.86. The molecule has 0 fully saturated rings. The van der Waals surface area contributed by atoms with Gasteiger partial charge in [-0.25, -0.2) is 4.79 Å². The number of nitrogens with one attached hydrogen (secondary N) is 1. The van der Waals surface area contributed by atoms with Gasteiger partial charge in [0.25, 0.3) is 0 Å². The first-order valence-electron chi connectivity index (χ1n) is 7.18. The largest absolute Gasteiger partial charge is 0.467 e. The summed E-state index contributed by atoms with van der Waals surface area (Å²) in [5.41, 5.74) is 0.0845. The number of benzene rings is 1. The Morgan fingerprint density at radius 2 is 1.95 bits per heavy atom. The van der Waals surface area contributed by atoms with Crippen LogP contribution >= 0.6 is 0 Å². The molecule has 0 aromatic heterocycles. The highest BCUT2D eigenvalue weighted by atomic mass is 16.5. The Morgan fingerprint density at radius 1 is 1.25 bits per heavy atom. The highest BCUT2D eigenvalue weighted by molar-refractivity contribution is 5.82. The van der Waals surface area contributed by atoms with E-state index in [1.54, 1.807) is 0 Å². The molecule has 0 saturated carbocycles. The van der Waals surface area contributed by atoms with Crippen LogP contribution in [-0.4, -0.2) is 32.8 Å². The lowest BCUT2D eigenvalue weighted by Gasteiger charge is -2.32. The first kappa shape index (κ1) is 16.7. The summed E-state index contributed by atoms with van der Waals surface area (Å²) >= 11 is 0. The molecule has 1 aromatic rings. The van der Waals surface area contributed by atoms with Crippen molar-refractivity contribution in [3.05, 3.63) is 35.9 Å². The Hall–Kier alpha value is -1.39. The summed E-state index contributed by atoms with van der Waals surface area (Å²) in [6.45, 7) is 5.91. The van der Waals surface area contributed by atoms with Gasteiger partial charge in [0.15, 0.2) is 0 Å². The van der Waals surface area contributed by atoms with Crippen LogP contribution in [-0.2, 0) is 19.8 Å². The van der Waals surface area contributed by atoms with Crippen LogP contribution in [0.25, 0.3) is 0 Å². The van der Waals surface area contributed by atoms with Crippen molar-refractivity contribution in [1.29, 1.82) is 0 Å². The molecule has 20 heavy (non-hydrogen) atoms. The fourth-order valence-electron chi connectivity index (χ4n) is 2.23. The van der Waals surface area contributed by atoms with E-state index in [2.05, 4.69) is 12.2 Å². The fourth-order valence-corrected chi connectivity index (χ4v) is 2.23. The van der Waals surface area contributed by atoms with E-state index in [-0.39, 0.29) is 5.97 Å². The standard InChI is InChI=1S/C16H25NO3/c1-4-12-17-16(15(18)19-3,11-13-20-5-2)14-9-7-6-8-10-14/h6-10,17H,4-5,11-13H2,1-3H3. The second-order valence-electron chi connectivity index (χ2n) is 4.64.